The van der Waals surface area contributed by atoms with Crippen molar-refractivity contribution >= 4 is 10.1 Å². The van der Waals surface area contributed by atoms with Gasteiger partial charge in [0.15, 0.2) is 0 Å². The molecule has 150 valence electrons. The minimum absolute atomic E-state index is 0. The highest BCUT2D eigenvalue weighted by Crippen LogP contribution is 1.99. The fraction of sp³-hybridized carbons (Fsp3) is 1.00. The van der Waals surface area contributed by atoms with Crippen LogP contribution in [0.4, 0.5) is 0 Å². The van der Waals surface area contributed by atoms with Crippen LogP contribution < -0.4 is 0 Å². The molecule has 0 aromatic heterocycles. The van der Waals surface area contributed by atoms with Gasteiger partial charge in [-0.05, 0) is 13.0 Å². The van der Waals surface area contributed by atoms with Gasteiger partial charge < -0.3 is 23.7 Å². The van der Waals surface area contributed by atoms with Gasteiger partial charge in [-0.15, -0.1) is 0 Å². The number of rotatable bonds is 4. The second kappa shape index (κ2) is 13.0. The molecule has 9 heteroatoms. The van der Waals surface area contributed by atoms with Crippen LogP contribution in [-0.2, 0) is 14.9 Å². The summed E-state index contributed by atoms with van der Waals surface area (Å²) in [6, 6.07) is 0. The summed E-state index contributed by atoms with van der Waals surface area (Å²) in [5.74, 6) is -0.260. The second-order valence-corrected chi connectivity index (χ2v) is 9.96. The number of ether oxygens (including phenoxy) is 1. The van der Waals surface area contributed by atoms with Gasteiger partial charge in [-0.3, -0.25) is 4.90 Å². The molecule has 0 amide bonds. The van der Waals surface area contributed by atoms with Gasteiger partial charge in [0.25, 0.3) is 0 Å². The van der Waals surface area contributed by atoms with E-state index < -0.39 is 10.1 Å². The van der Waals surface area contributed by atoms with E-state index in [1.807, 2.05) is 0 Å². The summed E-state index contributed by atoms with van der Waals surface area (Å²) in [5, 5.41) is 0. The van der Waals surface area contributed by atoms with Gasteiger partial charge in [0.05, 0.1) is 79.7 Å². The highest BCUT2D eigenvalue weighted by Gasteiger charge is 2.09. The monoisotopic (exact) mass is 373 g/mol. The number of hydrogen-bond donors (Lipinski definition) is 0. The van der Waals surface area contributed by atoms with Crippen LogP contribution in [0.1, 0.15) is 6.42 Å². The van der Waals surface area contributed by atoms with E-state index in [1.165, 1.54) is 0 Å². The van der Waals surface area contributed by atoms with E-state index in [0.717, 1.165) is 22.1 Å². The molecule has 1 heterocycles. The Kier molecular flexibility index (Phi) is 15.4. The van der Waals surface area contributed by atoms with E-state index in [9.17, 15) is 13.0 Å². The number of hydrogen-bond acceptors (Lipinski definition) is 6. The number of morpholine rings is 1. The Morgan fingerprint density at radius 1 is 0.917 bits per heavy atom. The maximum absolute atomic E-state index is 10.3. The van der Waals surface area contributed by atoms with Crippen molar-refractivity contribution in [2.75, 3.05) is 95.0 Å². The average Bonchev–Trinajstić information content (AvgIpc) is 2.24. The van der Waals surface area contributed by atoms with Crippen molar-refractivity contribution in [3.05, 3.63) is 0 Å². The summed E-state index contributed by atoms with van der Waals surface area (Å²) in [6.45, 7) is 3.73. The molecule has 0 atom stereocenters. The van der Waals surface area contributed by atoms with Gasteiger partial charge in [0, 0.05) is 18.8 Å². The Hall–Kier alpha value is -0.290. The molecule has 0 spiro atoms. The van der Waals surface area contributed by atoms with Crippen molar-refractivity contribution in [3.63, 3.8) is 0 Å². The first-order valence-corrected chi connectivity index (χ1v) is 9.47. The molecule has 0 saturated carbocycles. The minimum Gasteiger partial charge on any atom is -0.870 e. The Balaban J connectivity index is -0.000000337. The molecule has 0 aromatic carbocycles. The molecule has 1 aliphatic heterocycles. The predicted octanol–water partition coefficient (Wildman–Crippen LogP) is -0.278. The standard InChI is InChI=1S/C7H15NO4S.2C4H12N.H2O/c9-13(10,11)7-1-2-8-3-5-12-6-4-8;2*1-5(2,3)4;/h1-7H2,(H,9,10,11);2*1-4H3;1H2/q;2*+1;/p-2. The van der Waals surface area contributed by atoms with Crippen molar-refractivity contribution in [1.82, 2.24) is 4.90 Å². The second-order valence-electron chi connectivity index (χ2n) is 8.44. The summed E-state index contributed by atoms with van der Waals surface area (Å²) < 4.78 is 37.9. The Morgan fingerprint density at radius 3 is 1.54 bits per heavy atom. The third kappa shape index (κ3) is 43.0. The van der Waals surface area contributed by atoms with Gasteiger partial charge >= 0.3 is 0 Å². The molecule has 1 N–H and O–H groups in total. The van der Waals surface area contributed by atoms with Crippen molar-refractivity contribution < 1.29 is 32.1 Å². The van der Waals surface area contributed by atoms with Gasteiger partial charge in [-0.25, -0.2) is 8.42 Å². The molecule has 0 unspecified atom stereocenters. The summed E-state index contributed by atoms with van der Waals surface area (Å²) in [5.41, 5.74) is 0. The lowest BCUT2D eigenvalue weighted by Gasteiger charge is -2.26. The molecule has 0 bridgehead atoms. The highest BCUT2D eigenvalue weighted by atomic mass is 32.2. The molecular formula is C15H39N3O5S. The number of quaternary nitrogens is 2. The predicted molar refractivity (Wildman–Crippen MR) is 96.3 cm³/mol. The van der Waals surface area contributed by atoms with Crippen molar-refractivity contribution in [1.29, 1.82) is 0 Å². The first kappa shape index (κ1) is 28.5. The zero-order valence-corrected chi connectivity index (χ0v) is 17.6. The van der Waals surface area contributed by atoms with Crippen LogP contribution in [-0.4, -0.2) is 127 Å². The SMILES string of the molecule is C[N+](C)(C)C.C[N+](C)(C)C.O=S(=O)([O-])CCCN1CCOCC1.[OH-]. The lowest BCUT2D eigenvalue weighted by Crippen LogP contribution is -2.37. The van der Waals surface area contributed by atoms with Crippen LogP contribution in [0.5, 0.6) is 0 Å². The van der Waals surface area contributed by atoms with Crippen molar-refractivity contribution in [2.24, 2.45) is 0 Å². The Labute approximate surface area is 149 Å². The van der Waals surface area contributed by atoms with Crippen LogP contribution >= 0.6 is 0 Å². The van der Waals surface area contributed by atoms with Crippen LogP contribution in [0.15, 0.2) is 0 Å². The molecule has 0 aromatic rings. The van der Waals surface area contributed by atoms with Crippen LogP contribution in [0, 0.1) is 0 Å². The lowest BCUT2D eigenvalue weighted by atomic mass is 10.4. The molecule has 0 radical (unpaired) electrons. The summed E-state index contributed by atoms with van der Waals surface area (Å²) in [7, 11) is 13.0. The molecule has 8 nitrogen and oxygen atoms in total. The van der Waals surface area contributed by atoms with Crippen LogP contribution in [0.3, 0.4) is 0 Å². The quantitative estimate of drug-likeness (QED) is 0.496. The lowest BCUT2D eigenvalue weighted by molar-refractivity contribution is -0.849. The Bertz CT molecular complexity index is 359. The summed E-state index contributed by atoms with van der Waals surface area (Å²) in [6.07, 6.45) is 0.422. The molecule has 1 aliphatic rings. The van der Waals surface area contributed by atoms with Gasteiger partial charge in [0.2, 0.25) is 0 Å². The van der Waals surface area contributed by atoms with E-state index in [1.54, 1.807) is 0 Å². The van der Waals surface area contributed by atoms with Gasteiger partial charge in [-0.2, -0.15) is 0 Å². The van der Waals surface area contributed by atoms with E-state index in [4.69, 9.17) is 4.74 Å². The smallest absolute Gasteiger partial charge is 0.0946 e. The van der Waals surface area contributed by atoms with Crippen LogP contribution in [0.2, 0.25) is 0 Å². The first-order valence-electron chi connectivity index (χ1n) is 7.89. The first-order chi connectivity index (χ1) is 10.1. The molecule has 24 heavy (non-hydrogen) atoms. The average molecular weight is 374 g/mol. The van der Waals surface area contributed by atoms with Crippen molar-refractivity contribution in [2.45, 2.75) is 6.42 Å². The van der Waals surface area contributed by atoms with Gasteiger partial charge in [0.1, 0.15) is 0 Å². The van der Waals surface area contributed by atoms with Crippen molar-refractivity contribution in [3.8, 4) is 0 Å². The van der Waals surface area contributed by atoms with E-state index in [2.05, 4.69) is 61.3 Å². The largest absolute Gasteiger partial charge is 0.870 e. The maximum Gasteiger partial charge on any atom is 0.0946 e. The van der Waals surface area contributed by atoms with Gasteiger partial charge in [-0.1, -0.05) is 0 Å². The molecule has 1 fully saturated rings. The third-order valence-electron chi connectivity index (χ3n) is 1.97. The zero-order chi connectivity index (χ0) is 18.7. The zero-order valence-electron chi connectivity index (χ0n) is 16.8. The van der Waals surface area contributed by atoms with Crippen LogP contribution in [0.25, 0.3) is 0 Å². The van der Waals surface area contributed by atoms with E-state index in [-0.39, 0.29) is 11.2 Å². The maximum atomic E-state index is 10.3. The summed E-state index contributed by atoms with van der Waals surface area (Å²) >= 11 is 0. The third-order valence-corrected chi connectivity index (χ3v) is 2.76. The fourth-order valence-electron chi connectivity index (χ4n) is 1.29. The highest BCUT2D eigenvalue weighted by molar-refractivity contribution is 7.85. The van der Waals surface area contributed by atoms with E-state index in [0.29, 0.717) is 26.2 Å². The molecular weight excluding hydrogens is 334 g/mol. The normalized spacial score (nSPS) is 16.0. The molecule has 1 rings (SSSR count). The topological polar surface area (TPSA) is 99.7 Å². The molecule has 0 aliphatic carbocycles. The Morgan fingerprint density at radius 2 is 1.25 bits per heavy atom. The van der Waals surface area contributed by atoms with E-state index >= 15 is 0 Å². The summed E-state index contributed by atoms with van der Waals surface area (Å²) in [4.78, 5) is 2.11. The molecule has 1 saturated heterocycles. The minimum atomic E-state index is -4.03. The fourth-order valence-corrected chi connectivity index (χ4v) is 1.77. The number of nitrogens with zero attached hydrogens (tertiary/aromatic N) is 3.